The van der Waals surface area contributed by atoms with Gasteiger partial charge in [0, 0.05) is 18.9 Å². The van der Waals surface area contributed by atoms with E-state index in [-0.39, 0.29) is 5.82 Å². The summed E-state index contributed by atoms with van der Waals surface area (Å²) < 4.78 is 13.0. The van der Waals surface area contributed by atoms with Crippen LogP contribution in [0.15, 0.2) is 42.7 Å². The molecule has 0 unspecified atom stereocenters. The lowest BCUT2D eigenvalue weighted by Gasteiger charge is -2.08. The van der Waals surface area contributed by atoms with E-state index in [0.717, 1.165) is 6.42 Å². The first-order valence-electron chi connectivity index (χ1n) is 5.33. The van der Waals surface area contributed by atoms with Gasteiger partial charge in [0.25, 0.3) is 0 Å². The number of hydrogen-bond donors (Lipinski definition) is 1. The molecule has 0 aliphatic carbocycles. The molecule has 1 N–H and O–H groups in total. The van der Waals surface area contributed by atoms with Crippen LogP contribution >= 0.6 is 11.6 Å². The third-order valence-corrected chi connectivity index (χ3v) is 2.74. The molecule has 0 aliphatic heterocycles. The van der Waals surface area contributed by atoms with Crippen LogP contribution in [0.25, 0.3) is 0 Å². The van der Waals surface area contributed by atoms with Gasteiger partial charge in [-0.2, -0.15) is 0 Å². The van der Waals surface area contributed by atoms with Crippen molar-refractivity contribution in [3.05, 3.63) is 59.1 Å². The Labute approximate surface area is 104 Å². The predicted molar refractivity (Wildman–Crippen MR) is 67.8 cm³/mol. The highest BCUT2D eigenvalue weighted by molar-refractivity contribution is 6.33. The fraction of sp³-hybridized carbons (Fsp3) is 0.154. The lowest BCUT2D eigenvalue weighted by molar-refractivity contribution is 0.628. The van der Waals surface area contributed by atoms with Gasteiger partial charge in [0.2, 0.25) is 0 Å². The summed E-state index contributed by atoms with van der Waals surface area (Å²) in [6, 6.07) is 8.20. The van der Waals surface area contributed by atoms with E-state index in [2.05, 4.69) is 10.3 Å². The molecule has 1 heterocycles. The second kappa shape index (κ2) is 5.64. The van der Waals surface area contributed by atoms with Crippen LogP contribution in [0.1, 0.15) is 5.56 Å². The van der Waals surface area contributed by atoms with Crippen molar-refractivity contribution in [3.8, 4) is 0 Å². The molecule has 1 aromatic heterocycles. The molecule has 0 fully saturated rings. The van der Waals surface area contributed by atoms with E-state index < -0.39 is 0 Å². The van der Waals surface area contributed by atoms with Crippen molar-refractivity contribution in [3.63, 3.8) is 0 Å². The highest BCUT2D eigenvalue weighted by Gasteiger charge is 2.01. The standard InChI is InChI=1S/C13H12ClFN2/c14-12-2-1-11(15)9-13(12)17-8-5-10-3-6-16-7-4-10/h1-4,6-7,9,17H,5,8H2. The maximum absolute atomic E-state index is 13.0. The van der Waals surface area contributed by atoms with E-state index in [1.54, 1.807) is 18.5 Å². The largest absolute Gasteiger partial charge is 0.383 e. The van der Waals surface area contributed by atoms with Gasteiger partial charge in [-0.3, -0.25) is 4.98 Å². The normalized spacial score (nSPS) is 10.2. The van der Waals surface area contributed by atoms with Gasteiger partial charge >= 0.3 is 0 Å². The summed E-state index contributed by atoms with van der Waals surface area (Å²) in [5.74, 6) is -0.291. The smallest absolute Gasteiger partial charge is 0.125 e. The average molecular weight is 251 g/mol. The average Bonchev–Trinajstić information content (AvgIpc) is 2.35. The first-order chi connectivity index (χ1) is 8.25. The van der Waals surface area contributed by atoms with E-state index in [0.29, 0.717) is 17.3 Å². The van der Waals surface area contributed by atoms with Crippen molar-refractivity contribution < 1.29 is 4.39 Å². The van der Waals surface area contributed by atoms with Gasteiger partial charge in [0.1, 0.15) is 5.82 Å². The Kier molecular flexibility index (Phi) is 3.94. The molecule has 0 saturated heterocycles. The van der Waals surface area contributed by atoms with Crippen LogP contribution in [-0.2, 0) is 6.42 Å². The van der Waals surface area contributed by atoms with Crippen LogP contribution in [0.3, 0.4) is 0 Å². The molecule has 2 nitrogen and oxygen atoms in total. The minimum Gasteiger partial charge on any atom is -0.383 e. The maximum atomic E-state index is 13.0. The number of pyridine rings is 1. The summed E-state index contributed by atoms with van der Waals surface area (Å²) in [5, 5.41) is 3.64. The molecule has 0 aliphatic rings. The van der Waals surface area contributed by atoms with Crippen molar-refractivity contribution in [1.29, 1.82) is 0 Å². The van der Waals surface area contributed by atoms with Crippen molar-refractivity contribution in [1.82, 2.24) is 4.98 Å². The molecule has 0 radical (unpaired) electrons. The number of nitrogens with one attached hydrogen (secondary N) is 1. The Morgan fingerprint density at radius 3 is 2.71 bits per heavy atom. The van der Waals surface area contributed by atoms with Gasteiger partial charge in [-0.15, -0.1) is 0 Å². The molecule has 2 aromatic rings. The van der Waals surface area contributed by atoms with E-state index in [1.807, 2.05) is 12.1 Å². The van der Waals surface area contributed by atoms with Crippen molar-refractivity contribution in [2.75, 3.05) is 11.9 Å². The third kappa shape index (κ3) is 3.43. The van der Waals surface area contributed by atoms with E-state index in [1.165, 1.54) is 17.7 Å². The van der Waals surface area contributed by atoms with Gasteiger partial charge in [0.15, 0.2) is 0 Å². The monoisotopic (exact) mass is 250 g/mol. The zero-order valence-electron chi connectivity index (χ0n) is 9.16. The minimum absolute atomic E-state index is 0.291. The number of nitrogens with zero attached hydrogens (tertiary/aromatic N) is 1. The first-order valence-corrected chi connectivity index (χ1v) is 5.71. The number of aromatic nitrogens is 1. The van der Waals surface area contributed by atoms with Crippen LogP contribution in [-0.4, -0.2) is 11.5 Å². The van der Waals surface area contributed by atoms with Crippen molar-refractivity contribution in [2.45, 2.75) is 6.42 Å². The molecule has 0 amide bonds. The molecule has 88 valence electrons. The molecular weight excluding hydrogens is 239 g/mol. The Morgan fingerprint density at radius 1 is 1.18 bits per heavy atom. The number of benzene rings is 1. The fourth-order valence-electron chi connectivity index (χ4n) is 1.52. The van der Waals surface area contributed by atoms with Gasteiger partial charge < -0.3 is 5.32 Å². The molecule has 0 atom stereocenters. The molecule has 2 rings (SSSR count). The molecule has 0 bridgehead atoms. The van der Waals surface area contributed by atoms with E-state index >= 15 is 0 Å². The Bertz CT molecular complexity index is 488. The number of halogens is 2. The number of hydrogen-bond acceptors (Lipinski definition) is 2. The topological polar surface area (TPSA) is 24.9 Å². The Balaban J connectivity index is 1.92. The summed E-state index contributed by atoms with van der Waals surface area (Å²) in [7, 11) is 0. The fourth-order valence-corrected chi connectivity index (χ4v) is 1.71. The summed E-state index contributed by atoms with van der Waals surface area (Å²) in [5.41, 5.74) is 1.81. The van der Waals surface area contributed by atoms with Crippen molar-refractivity contribution >= 4 is 17.3 Å². The maximum Gasteiger partial charge on any atom is 0.125 e. The number of anilines is 1. The highest BCUT2D eigenvalue weighted by atomic mass is 35.5. The summed E-state index contributed by atoms with van der Waals surface area (Å²) in [6.07, 6.45) is 4.35. The Morgan fingerprint density at radius 2 is 1.94 bits per heavy atom. The predicted octanol–water partition coefficient (Wildman–Crippen LogP) is 3.53. The molecule has 1 aromatic carbocycles. The molecular formula is C13H12ClFN2. The van der Waals surface area contributed by atoms with Gasteiger partial charge in [-0.05, 0) is 42.3 Å². The second-order valence-electron chi connectivity index (χ2n) is 3.66. The van der Waals surface area contributed by atoms with Crippen LogP contribution in [0.2, 0.25) is 5.02 Å². The zero-order valence-corrected chi connectivity index (χ0v) is 9.91. The molecule has 4 heteroatoms. The lowest BCUT2D eigenvalue weighted by atomic mass is 10.2. The molecule has 0 saturated carbocycles. The highest BCUT2D eigenvalue weighted by Crippen LogP contribution is 2.22. The minimum atomic E-state index is -0.291. The van der Waals surface area contributed by atoms with Gasteiger partial charge in [0.05, 0.1) is 10.7 Å². The van der Waals surface area contributed by atoms with E-state index in [4.69, 9.17) is 11.6 Å². The quantitative estimate of drug-likeness (QED) is 0.898. The van der Waals surface area contributed by atoms with Gasteiger partial charge in [-0.1, -0.05) is 11.6 Å². The SMILES string of the molecule is Fc1ccc(Cl)c(NCCc2ccncc2)c1. The lowest BCUT2D eigenvalue weighted by Crippen LogP contribution is -2.05. The Hall–Kier alpha value is -1.61. The van der Waals surface area contributed by atoms with Crippen LogP contribution in [0.4, 0.5) is 10.1 Å². The van der Waals surface area contributed by atoms with Gasteiger partial charge in [-0.25, -0.2) is 4.39 Å². The summed E-state index contributed by atoms with van der Waals surface area (Å²) in [6.45, 7) is 0.702. The summed E-state index contributed by atoms with van der Waals surface area (Å²) in [4.78, 5) is 3.95. The van der Waals surface area contributed by atoms with E-state index in [9.17, 15) is 4.39 Å². The number of rotatable bonds is 4. The third-order valence-electron chi connectivity index (χ3n) is 2.41. The first kappa shape index (κ1) is 11.9. The second-order valence-corrected chi connectivity index (χ2v) is 4.06. The van der Waals surface area contributed by atoms with Crippen LogP contribution in [0.5, 0.6) is 0 Å². The summed E-state index contributed by atoms with van der Waals surface area (Å²) >= 11 is 5.94. The van der Waals surface area contributed by atoms with Crippen LogP contribution < -0.4 is 5.32 Å². The molecule has 17 heavy (non-hydrogen) atoms. The zero-order chi connectivity index (χ0) is 12.1. The van der Waals surface area contributed by atoms with Crippen molar-refractivity contribution in [2.24, 2.45) is 0 Å². The molecule has 0 spiro atoms. The van der Waals surface area contributed by atoms with Crippen LogP contribution in [0, 0.1) is 5.82 Å².